The highest BCUT2D eigenvalue weighted by Gasteiger charge is 2.19. The van der Waals surface area contributed by atoms with Crippen LogP contribution in [0.5, 0.6) is 0 Å². The van der Waals surface area contributed by atoms with Gasteiger partial charge in [-0.15, -0.1) is 11.3 Å². The molecule has 1 aromatic carbocycles. The molecule has 0 atom stereocenters. The van der Waals surface area contributed by atoms with Gasteiger partial charge in [-0.25, -0.2) is 9.97 Å². The van der Waals surface area contributed by atoms with E-state index in [0.717, 1.165) is 28.0 Å². The number of hydrazone groups is 1. The SMILES string of the molecule is CC(C)(C)c1ccc(/C=N\Nc2ncnc3sc4c(c23)CCCC4)cc1. The molecule has 0 unspecified atom stereocenters. The van der Waals surface area contributed by atoms with Gasteiger partial charge >= 0.3 is 0 Å². The van der Waals surface area contributed by atoms with Crippen molar-refractivity contribution >= 4 is 33.6 Å². The third-order valence-electron chi connectivity index (χ3n) is 4.91. The molecule has 1 aliphatic rings. The van der Waals surface area contributed by atoms with Crippen LogP contribution in [0.4, 0.5) is 5.82 Å². The van der Waals surface area contributed by atoms with Crippen molar-refractivity contribution in [3.8, 4) is 0 Å². The molecule has 0 saturated carbocycles. The summed E-state index contributed by atoms with van der Waals surface area (Å²) >= 11 is 1.80. The zero-order valence-electron chi connectivity index (χ0n) is 15.5. The molecule has 134 valence electrons. The fraction of sp³-hybridized carbons (Fsp3) is 0.381. The van der Waals surface area contributed by atoms with E-state index in [-0.39, 0.29) is 5.41 Å². The normalized spacial score (nSPS) is 14.7. The second-order valence-corrected chi connectivity index (χ2v) is 8.94. The predicted octanol–water partition coefficient (Wildman–Crippen LogP) is 5.31. The lowest BCUT2D eigenvalue weighted by atomic mass is 9.87. The molecule has 0 spiro atoms. The molecule has 0 aliphatic heterocycles. The standard InChI is InChI=1S/C21H24N4S/c1-21(2,3)15-10-8-14(9-11-15)12-24-25-19-18-16-6-4-5-7-17(16)26-20(18)23-13-22-19/h8-13H,4-7H2,1-3H3,(H,22,23,25)/b24-12-. The van der Waals surface area contributed by atoms with Crippen molar-refractivity contribution in [3.63, 3.8) is 0 Å². The van der Waals surface area contributed by atoms with Crippen LogP contribution in [0.1, 0.15) is 55.2 Å². The number of anilines is 1. The van der Waals surface area contributed by atoms with E-state index in [1.807, 2.05) is 6.21 Å². The van der Waals surface area contributed by atoms with Crippen LogP contribution in [0.25, 0.3) is 10.2 Å². The summed E-state index contributed by atoms with van der Waals surface area (Å²) < 4.78 is 0. The molecule has 3 aromatic rings. The van der Waals surface area contributed by atoms with E-state index in [1.54, 1.807) is 17.7 Å². The van der Waals surface area contributed by atoms with Gasteiger partial charge in [0.05, 0.1) is 11.6 Å². The van der Waals surface area contributed by atoms with Crippen molar-refractivity contribution in [1.82, 2.24) is 9.97 Å². The minimum Gasteiger partial charge on any atom is -0.261 e. The van der Waals surface area contributed by atoms with Gasteiger partial charge in [0.1, 0.15) is 11.2 Å². The lowest BCUT2D eigenvalue weighted by Gasteiger charge is -2.18. The Hall–Kier alpha value is -2.27. The fourth-order valence-corrected chi connectivity index (χ4v) is 4.64. The second-order valence-electron chi connectivity index (χ2n) is 7.86. The Morgan fingerprint density at radius 2 is 1.85 bits per heavy atom. The zero-order valence-corrected chi connectivity index (χ0v) is 16.4. The molecule has 4 nitrogen and oxygen atoms in total. The van der Waals surface area contributed by atoms with E-state index >= 15 is 0 Å². The number of benzene rings is 1. The molecule has 0 radical (unpaired) electrons. The largest absolute Gasteiger partial charge is 0.261 e. The third-order valence-corrected chi connectivity index (χ3v) is 6.11. The van der Waals surface area contributed by atoms with Crippen LogP contribution in [0.3, 0.4) is 0 Å². The van der Waals surface area contributed by atoms with Crippen LogP contribution in [0, 0.1) is 0 Å². The molecule has 0 amide bonds. The Morgan fingerprint density at radius 3 is 2.62 bits per heavy atom. The number of hydrogen-bond acceptors (Lipinski definition) is 5. The number of fused-ring (bicyclic) bond motifs is 3. The average Bonchev–Trinajstić information content (AvgIpc) is 3.01. The number of thiophene rings is 1. The molecule has 0 bridgehead atoms. The minimum atomic E-state index is 0.165. The van der Waals surface area contributed by atoms with E-state index in [4.69, 9.17) is 0 Å². The summed E-state index contributed by atoms with van der Waals surface area (Å²) in [4.78, 5) is 11.4. The van der Waals surface area contributed by atoms with Gasteiger partial charge in [-0.2, -0.15) is 5.10 Å². The summed E-state index contributed by atoms with van der Waals surface area (Å²) in [6, 6.07) is 8.54. The second kappa shape index (κ2) is 6.80. The van der Waals surface area contributed by atoms with E-state index < -0.39 is 0 Å². The van der Waals surface area contributed by atoms with Crippen molar-refractivity contribution in [2.75, 3.05) is 5.43 Å². The Bertz CT molecular complexity index is 949. The summed E-state index contributed by atoms with van der Waals surface area (Å²) in [6.45, 7) is 6.67. The lowest BCUT2D eigenvalue weighted by Crippen LogP contribution is -2.10. The molecular formula is C21H24N4S. The maximum absolute atomic E-state index is 4.46. The maximum atomic E-state index is 4.46. The summed E-state index contributed by atoms with van der Waals surface area (Å²) in [5, 5.41) is 5.58. The number of nitrogens with zero attached hydrogens (tertiary/aromatic N) is 3. The van der Waals surface area contributed by atoms with E-state index in [0.29, 0.717) is 0 Å². The van der Waals surface area contributed by atoms with Crippen LogP contribution in [-0.2, 0) is 18.3 Å². The van der Waals surface area contributed by atoms with Gasteiger partial charge in [0, 0.05) is 4.88 Å². The lowest BCUT2D eigenvalue weighted by molar-refractivity contribution is 0.590. The zero-order chi connectivity index (χ0) is 18.1. The molecule has 4 rings (SSSR count). The molecular weight excluding hydrogens is 340 g/mol. The quantitative estimate of drug-likeness (QED) is 0.506. The fourth-order valence-electron chi connectivity index (χ4n) is 3.41. The Morgan fingerprint density at radius 1 is 1.08 bits per heavy atom. The van der Waals surface area contributed by atoms with Crippen LogP contribution < -0.4 is 5.43 Å². The van der Waals surface area contributed by atoms with Gasteiger partial charge in [0.2, 0.25) is 0 Å². The molecule has 5 heteroatoms. The number of rotatable bonds is 3. The van der Waals surface area contributed by atoms with Gasteiger partial charge in [-0.05, 0) is 47.8 Å². The van der Waals surface area contributed by atoms with Crippen molar-refractivity contribution in [3.05, 3.63) is 52.2 Å². The highest BCUT2D eigenvalue weighted by Crippen LogP contribution is 2.38. The highest BCUT2D eigenvalue weighted by molar-refractivity contribution is 7.19. The number of nitrogens with one attached hydrogen (secondary N) is 1. The molecule has 0 fully saturated rings. The molecule has 1 N–H and O–H groups in total. The first-order chi connectivity index (χ1) is 12.5. The molecule has 0 saturated heterocycles. The van der Waals surface area contributed by atoms with E-state index in [1.165, 1.54) is 35.3 Å². The first-order valence-electron chi connectivity index (χ1n) is 9.17. The van der Waals surface area contributed by atoms with Crippen LogP contribution in [0.2, 0.25) is 0 Å². The average molecular weight is 365 g/mol. The van der Waals surface area contributed by atoms with Crippen LogP contribution >= 0.6 is 11.3 Å². The molecule has 1 aliphatic carbocycles. The molecule has 2 aromatic heterocycles. The maximum Gasteiger partial charge on any atom is 0.158 e. The van der Waals surface area contributed by atoms with Gasteiger partial charge in [-0.3, -0.25) is 5.43 Å². The Kier molecular flexibility index (Phi) is 4.49. The van der Waals surface area contributed by atoms with Gasteiger partial charge in [0.25, 0.3) is 0 Å². The Balaban J connectivity index is 1.56. The van der Waals surface area contributed by atoms with Gasteiger partial charge in [-0.1, -0.05) is 45.0 Å². The number of hydrogen-bond donors (Lipinski definition) is 1. The first-order valence-corrected chi connectivity index (χ1v) is 9.99. The first kappa shape index (κ1) is 17.2. The summed E-state index contributed by atoms with van der Waals surface area (Å²) in [5.74, 6) is 0.817. The highest BCUT2D eigenvalue weighted by atomic mass is 32.1. The van der Waals surface area contributed by atoms with E-state index in [9.17, 15) is 0 Å². The van der Waals surface area contributed by atoms with E-state index in [2.05, 4.69) is 65.5 Å². The van der Waals surface area contributed by atoms with Crippen molar-refractivity contribution in [1.29, 1.82) is 0 Å². The van der Waals surface area contributed by atoms with Crippen LogP contribution in [0.15, 0.2) is 35.7 Å². The van der Waals surface area contributed by atoms with Crippen molar-refractivity contribution in [2.45, 2.75) is 51.9 Å². The number of aromatic nitrogens is 2. The summed E-state index contributed by atoms with van der Waals surface area (Å²) in [5.41, 5.74) is 7.12. The van der Waals surface area contributed by atoms with Crippen molar-refractivity contribution in [2.24, 2.45) is 5.10 Å². The minimum absolute atomic E-state index is 0.165. The van der Waals surface area contributed by atoms with Crippen molar-refractivity contribution < 1.29 is 0 Å². The topological polar surface area (TPSA) is 50.2 Å². The smallest absolute Gasteiger partial charge is 0.158 e. The molecule has 26 heavy (non-hydrogen) atoms. The summed E-state index contributed by atoms with van der Waals surface area (Å²) in [6.07, 6.45) is 8.28. The monoisotopic (exact) mass is 364 g/mol. The predicted molar refractivity (Wildman–Crippen MR) is 110 cm³/mol. The molecule has 2 heterocycles. The third kappa shape index (κ3) is 3.36. The summed E-state index contributed by atoms with van der Waals surface area (Å²) in [7, 11) is 0. The number of aryl methyl sites for hydroxylation is 2. The van der Waals surface area contributed by atoms with Gasteiger partial charge in [0.15, 0.2) is 5.82 Å². The van der Waals surface area contributed by atoms with Gasteiger partial charge < -0.3 is 0 Å². The van der Waals surface area contributed by atoms with Crippen LogP contribution in [-0.4, -0.2) is 16.2 Å². The Labute approximate surface area is 158 Å².